The first-order chi connectivity index (χ1) is 9.76. The fraction of sp³-hybridized carbons (Fsp3) is 0.0769. The lowest BCUT2D eigenvalue weighted by Crippen LogP contribution is -2.17. The minimum Gasteiger partial charge on any atom is -0.451 e. The summed E-state index contributed by atoms with van der Waals surface area (Å²) in [7, 11) is 0. The monoisotopic (exact) mass is 321 g/mol. The third kappa shape index (κ3) is 3.91. The van der Waals surface area contributed by atoms with E-state index in [2.05, 4.69) is 4.74 Å². The quantitative estimate of drug-likeness (QED) is 0.655. The summed E-state index contributed by atoms with van der Waals surface area (Å²) in [5.41, 5.74) is 5.42. The second kappa shape index (κ2) is 5.69. The molecule has 2 aromatic carbocycles. The largest absolute Gasteiger partial charge is 0.573 e. The van der Waals surface area contributed by atoms with E-state index in [1.807, 2.05) is 0 Å². The van der Waals surface area contributed by atoms with Crippen LogP contribution in [0.4, 0.5) is 23.2 Å². The molecule has 0 aromatic heterocycles. The predicted octanol–water partition coefficient (Wildman–Crippen LogP) is 4.75. The van der Waals surface area contributed by atoms with E-state index in [4.69, 9.17) is 22.1 Å². The van der Waals surface area contributed by atoms with Gasteiger partial charge < -0.3 is 15.2 Å². The molecule has 3 nitrogen and oxygen atoms in total. The van der Waals surface area contributed by atoms with Crippen LogP contribution in [0.1, 0.15) is 0 Å². The molecule has 2 rings (SSSR count). The Morgan fingerprint density at radius 3 is 2.24 bits per heavy atom. The van der Waals surface area contributed by atoms with Crippen LogP contribution in [0.5, 0.6) is 17.2 Å². The third-order valence-corrected chi connectivity index (χ3v) is 2.64. The van der Waals surface area contributed by atoms with Gasteiger partial charge in [-0.2, -0.15) is 0 Å². The van der Waals surface area contributed by atoms with E-state index in [1.165, 1.54) is 18.2 Å². The average Bonchev–Trinajstić information content (AvgIpc) is 2.36. The smallest absolute Gasteiger partial charge is 0.451 e. The van der Waals surface area contributed by atoms with Crippen molar-refractivity contribution in [2.24, 2.45) is 0 Å². The number of rotatable bonds is 3. The first kappa shape index (κ1) is 15.2. The number of halogens is 5. The summed E-state index contributed by atoms with van der Waals surface area (Å²) < 4.78 is 59.1. The van der Waals surface area contributed by atoms with Crippen molar-refractivity contribution in [1.82, 2.24) is 0 Å². The van der Waals surface area contributed by atoms with E-state index in [0.29, 0.717) is 0 Å². The van der Waals surface area contributed by atoms with E-state index in [1.54, 1.807) is 0 Å². The van der Waals surface area contributed by atoms with Gasteiger partial charge in [-0.3, -0.25) is 0 Å². The Morgan fingerprint density at radius 1 is 1.00 bits per heavy atom. The number of ether oxygens (including phenoxy) is 2. The lowest BCUT2D eigenvalue weighted by molar-refractivity contribution is -0.275. The molecule has 0 heterocycles. The molecule has 2 aromatic rings. The van der Waals surface area contributed by atoms with Crippen LogP contribution in [0.3, 0.4) is 0 Å². The van der Waals surface area contributed by atoms with Crippen LogP contribution < -0.4 is 15.2 Å². The first-order valence-corrected chi connectivity index (χ1v) is 5.91. The van der Waals surface area contributed by atoms with Gasteiger partial charge in [-0.25, -0.2) is 4.39 Å². The molecular weight excluding hydrogens is 314 g/mol. The molecule has 0 amide bonds. The molecule has 0 saturated heterocycles. The van der Waals surface area contributed by atoms with E-state index >= 15 is 0 Å². The predicted molar refractivity (Wildman–Crippen MR) is 69.0 cm³/mol. The van der Waals surface area contributed by atoms with E-state index in [9.17, 15) is 17.6 Å². The molecule has 0 bridgehead atoms. The van der Waals surface area contributed by atoms with Gasteiger partial charge >= 0.3 is 6.36 Å². The maximum Gasteiger partial charge on any atom is 0.573 e. The van der Waals surface area contributed by atoms with Gasteiger partial charge in [0.1, 0.15) is 5.82 Å². The summed E-state index contributed by atoms with van der Waals surface area (Å²) in [5.74, 6) is -1.63. The van der Waals surface area contributed by atoms with Crippen molar-refractivity contribution in [3.05, 3.63) is 47.2 Å². The van der Waals surface area contributed by atoms with Crippen LogP contribution in [0.25, 0.3) is 0 Å². The molecule has 2 N–H and O–H groups in total. The zero-order valence-electron chi connectivity index (χ0n) is 10.2. The normalized spacial score (nSPS) is 11.3. The number of alkyl halides is 3. The van der Waals surface area contributed by atoms with Gasteiger partial charge in [-0.15, -0.1) is 13.2 Å². The fourth-order valence-electron chi connectivity index (χ4n) is 1.49. The van der Waals surface area contributed by atoms with Crippen LogP contribution in [0, 0.1) is 5.82 Å². The summed E-state index contributed by atoms with van der Waals surface area (Å²) in [6, 6.07) is 7.08. The highest BCUT2D eigenvalue weighted by molar-refractivity contribution is 6.31. The Hall–Kier alpha value is -2.15. The first-order valence-electron chi connectivity index (χ1n) is 5.53. The van der Waals surface area contributed by atoms with Crippen LogP contribution >= 0.6 is 11.6 Å². The number of nitrogen functional groups attached to an aromatic ring is 1. The van der Waals surface area contributed by atoms with Gasteiger partial charge in [-0.05, 0) is 12.1 Å². The van der Waals surface area contributed by atoms with Gasteiger partial charge in [-0.1, -0.05) is 23.7 Å². The zero-order chi connectivity index (χ0) is 15.6. The maximum absolute atomic E-state index is 13.2. The molecule has 0 radical (unpaired) electrons. The highest BCUT2D eigenvalue weighted by Crippen LogP contribution is 2.38. The molecular formula is C13H8ClF4NO2. The molecule has 21 heavy (non-hydrogen) atoms. The lowest BCUT2D eigenvalue weighted by atomic mass is 10.2. The van der Waals surface area contributed by atoms with E-state index in [0.717, 1.165) is 18.2 Å². The Morgan fingerprint density at radius 2 is 1.62 bits per heavy atom. The fourth-order valence-corrected chi connectivity index (χ4v) is 1.65. The molecule has 0 aliphatic rings. The van der Waals surface area contributed by atoms with Crippen molar-refractivity contribution >= 4 is 17.3 Å². The van der Waals surface area contributed by atoms with Crippen LogP contribution in [0.2, 0.25) is 5.02 Å². The third-order valence-electron chi connectivity index (χ3n) is 2.35. The summed E-state index contributed by atoms with van der Waals surface area (Å²) in [6.45, 7) is 0. The van der Waals surface area contributed by atoms with Gasteiger partial charge in [0.25, 0.3) is 0 Å². The Bertz CT molecular complexity index is 661. The number of anilines is 1. The number of hydrogen-bond acceptors (Lipinski definition) is 3. The second-order valence-corrected chi connectivity index (χ2v) is 4.31. The molecule has 0 spiro atoms. The zero-order valence-corrected chi connectivity index (χ0v) is 11.0. The molecule has 112 valence electrons. The molecule has 8 heteroatoms. The van der Waals surface area contributed by atoms with Crippen LogP contribution in [-0.4, -0.2) is 6.36 Å². The summed E-state index contributed by atoms with van der Waals surface area (Å²) >= 11 is 5.58. The minimum absolute atomic E-state index is 0.0837. The second-order valence-electron chi connectivity index (χ2n) is 3.90. The highest BCUT2D eigenvalue weighted by atomic mass is 35.5. The van der Waals surface area contributed by atoms with E-state index in [-0.39, 0.29) is 22.2 Å². The SMILES string of the molecule is Nc1cc(F)c(Cl)cc1Oc1ccccc1OC(F)(F)F. The minimum atomic E-state index is -4.87. The van der Waals surface area contributed by atoms with Crippen molar-refractivity contribution in [2.75, 3.05) is 5.73 Å². The number of benzene rings is 2. The van der Waals surface area contributed by atoms with Gasteiger partial charge in [0.05, 0.1) is 10.7 Å². The molecule has 0 aliphatic carbocycles. The van der Waals surface area contributed by atoms with E-state index < -0.39 is 17.9 Å². The molecule has 0 fully saturated rings. The maximum atomic E-state index is 13.2. The van der Waals surface area contributed by atoms with Crippen molar-refractivity contribution in [2.45, 2.75) is 6.36 Å². The van der Waals surface area contributed by atoms with Crippen molar-refractivity contribution in [1.29, 1.82) is 0 Å². The summed E-state index contributed by atoms with van der Waals surface area (Å²) in [6.07, 6.45) is -4.87. The molecule has 0 unspecified atom stereocenters. The van der Waals surface area contributed by atoms with Gasteiger partial charge in [0, 0.05) is 12.1 Å². The topological polar surface area (TPSA) is 44.5 Å². The van der Waals surface area contributed by atoms with Gasteiger partial charge in [0.2, 0.25) is 0 Å². The van der Waals surface area contributed by atoms with Crippen molar-refractivity contribution in [3.8, 4) is 17.2 Å². The molecule has 0 saturated carbocycles. The Balaban J connectivity index is 2.34. The highest BCUT2D eigenvalue weighted by Gasteiger charge is 2.32. The lowest BCUT2D eigenvalue weighted by Gasteiger charge is -2.14. The summed E-state index contributed by atoms with van der Waals surface area (Å²) in [4.78, 5) is 0. The van der Waals surface area contributed by atoms with Gasteiger partial charge in [0.15, 0.2) is 17.2 Å². The number of hydrogen-bond donors (Lipinski definition) is 1. The number of nitrogens with two attached hydrogens (primary N) is 1. The molecule has 0 aliphatic heterocycles. The molecule has 0 atom stereocenters. The Labute approximate surface area is 121 Å². The Kier molecular flexibility index (Phi) is 4.13. The summed E-state index contributed by atoms with van der Waals surface area (Å²) in [5, 5.41) is -0.270. The van der Waals surface area contributed by atoms with Crippen LogP contribution in [0.15, 0.2) is 36.4 Å². The standard InChI is InChI=1S/C13H8ClF4NO2/c14-7-5-12(9(19)6-8(7)15)20-10-3-1-2-4-11(10)21-13(16,17)18/h1-6H,19H2. The van der Waals surface area contributed by atoms with Crippen LogP contribution in [-0.2, 0) is 0 Å². The van der Waals surface area contributed by atoms with Crippen molar-refractivity contribution < 1.29 is 27.0 Å². The average molecular weight is 322 g/mol. The van der Waals surface area contributed by atoms with Crippen molar-refractivity contribution in [3.63, 3.8) is 0 Å². The number of para-hydroxylation sites is 2.